The molecule has 2 aromatic rings. The molecule has 0 saturated carbocycles. The first-order valence-electron chi connectivity index (χ1n) is 8.24. The van der Waals surface area contributed by atoms with Gasteiger partial charge >= 0.3 is 0 Å². The van der Waals surface area contributed by atoms with Gasteiger partial charge in [-0.3, -0.25) is 14.9 Å². The lowest BCUT2D eigenvalue weighted by Gasteiger charge is -2.36. The van der Waals surface area contributed by atoms with E-state index in [1.165, 1.54) is 12.1 Å². The van der Waals surface area contributed by atoms with E-state index in [1.807, 2.05) is 4.90 Å². The summed E-state index contributed by atoms with van der Waals surface area (Å²) < 4.78 is 22.9. The predicted octanol–water partition coefficient (Wildman–Crippen LogP) is 0.0627. The Labute approximate surface area is 160 Å². The minimum absolute atomic E-state index is 0.299. The van der Waals surface area contributed by atoms with Crippen LogP contribution in [0.2, 0.25) is 0 Å². The van der Waals surface area contributed by atoms with Crippen molar-refractivity contribution in [2.45, 2.75) is 4.90 Å². The summed E-state index contributed by atoms with van der Waals surface area (Å²) in [4.78, 5) is 29.9. The number of nitrogens with two attached hydrogens (primary N) is 2. The standard InChI is InChI=1S/C16H18N6O5S/c17-15(23)12-2-1-5-19-16(12)21-8-6-20(7-9-21)13-4-3-11(28(18,26)27)10-14(13)22(24)25/h1-5,10H,6-9H2,(H2,17,23)(H2,18,26,27). The molecule has 11 nitrogen and oxygen atoms in total. The molecule has 1 amide bonds. The quantitative estimate of drug-likeness (QED) is 0.519. The number of nitro groups is 1. The maximum absolute atomic E-state index is 11.6. The van der Waals surface area contributed by atoms with Crippen LogP contribution in [0.1, 0.15) is 10.4 Å². The van der Waals surface area contributed by atoms with Crippen LogP contribution < -0.4 is 20.7 Å². The van der Waals surface area contributed by atoms with Gasteiger partial charge in [0.15, 0.2) is 0 Å². The smallest absolute Gasteiger partial charge is 0.293 e. The van der Waals surface area contributed by atoms with E-state index in [2.05, 4.69) is 4.98 Å². The summed E-state index contributed by atoms with van der Waals surface area (Å²) >= 11 is 0. The average Bonchev–Trinajstić information content (AvgIpc) is 2.67. The van der Waals surface area contributed by atoms with Crippen molar-refractivity contribution in [3.63, 3.8) is 0 Å². The summed E-state index contributed by atoms with van der Waals surface area (Å²) in [5.41, 5.74) is 5.66. The van der Waals surface area contributed by atoms with E-state index < -0.39 is 20.9 Å². The van der Waals surface area contributed by atoms with E-state index in [0.29, 0.717) is 43.2 Å². The van der Waals surface area contributed by atoms with Gasteiger partial charge in [-0.15, -0.1) is 0 Å². The second-order valence-corrected chi connectivity index (χ2v) is 7.73. The molecular formula is C16H18N6O5S. The molecule has 0 atom stereocenters. The molecular weight excluding hydrogens is 388 g/mol. The van der Waals surface area contributed by atoms with E-state index in [-0.39, 0.29) is 10.6 Å². The highest BCUT2D eigenvalue weighted by Gasteiger charge is 2.27. The number of sulfonamides is 1. The minimum Gasteiger partial charge on any atom is -0.365 e. The molecule has 1 aliphatic heterocycles. The van der Waals surface area contributed by atoms with Crippen molar-refractivity contribution >= 4 is 33.1 Å². The second kappa shape index (κ2) is 7.40. The lowest BCUT2D eigenvalue weighted by molar-refractivity contribution is -0.384. The van der Waals surface area contributed by atoms with Crippen molar-refractivity contribution in [3.8, 4) is 0 Å². The molecule has 0 spiro atoms. The summed E-state index contributed by atoms with van der Waals surface area (Å²) in [7, 11) is -4.05. The van der Waals surface area contributed by atoms with Crippen LogP contribution in [0.4, 0.5) is 17.2 Å². The Hall–Kier alpha value is -3.25. The molecule has 4 N–H and O–H groups in total. The first kappa shape index (κ1) is 19.5. The van der Waals surface area contributed by atoms with Gasteiger partial charge in [0.1, 0.15) is 11.5 Å². The van der Waals surface area contributed by atoms with Gasteiger partial charge in [0.2, 0.25) is 10.0 Å². The molecule has 1 aromatic carbocycles. The first-order chi connectivity index (χ1) is 13.2. The van der Waals surface area contributed by atoms with E-state index in [1.54, 1.807) is 23.2 Å². The van der Waals surface area contributed by atoms with Crippen LogP contribution in [0.25, 0.3) is 0 Å². The maximum Gasteiger partial charge on any atom is 0.293 e. The van der Waals surface area contributed by atoms with Gasteiger partial charge in [-0.1, -0.05) is 0 Å². The highest BCUT2D eigenvalue weighted by molar-refractivity contribution is 7.89. The van der Waals surface area contributed by atoms with Gasteiger partial charge < -0.3 is 15.5 Å². The molecule has 28 heavy (non-hydrogen) atoms. The number of pyridine rings is 1. The number of hydrogen-bond donors (Lipinski definition) is 2. The van der Waals surface area contributed by atoms with Crippen molar-refractivity contribution in [3.05, 3.63) is 52.2 Å². The SMILES string of the molecule is NC(=O)c1cccnc1N1CCN(c2ccc(S(N)(=O)=O)cc2[N+](=O)[O-])CC1. The number of nitrogens with zero attached hydrogens (tertiary/aromatic N) is 4. The van der Waals surface area contributed by atoms with Crippen LogP contribution in [0.5, 0.6) is 0 Å². The van der Waals surface area contributed by atoms with E-state index in [0.717, 1.165) is 6.07 Å². The molecule has 1 aliphatic rings. The van der Waals surface area contributed by atoms with Gasteiger partial charge in [0.25, 0.3) is 11.6 Å². The fraction of sp³-hybridized carbons (Fsp3) is 0.250. The third-order valence-electron chi connectivity index (χ3n) is 4.44. The van der Waals surface area contributed by atoms with Crippen molar-refractivity contribution in [1.82, 2.24) is 4.98 Å². The van der Waals surface area contributed by atoms with Crippen molar-refractivity contribution in [1.29, 1.82) is 0 Å². The third kappa shape index (κ3) is 3.87. The van der Waals surface area contributed by atoms with Gasteiger partial charge in [0.05, 0.1) is 15.4 Å². The molecule has 1 fully saturated rings. The van der Waals surface area contributed by atoms with Crippen LogP contribution in [0.15, 0.2) is 41.4 Å². The zero-order valence-electron chi connectivity index (χ0n) is 14.7. The first-order valence-corrected chi connectivity index (χ1v) is 9.79. The molecule has 0 unspecified atom stereocenters. The zero-order chi connectivity index (χ0) is 20.5. The van der Waals surface area contributed by atoms with Crippen LogP contribution in [0.3, 0.4) is 0 Å². The largest absolute Gasteiger partial charge is 0.365 e. The number of nitro benzene ring substituents is 1. The summed E-state index contributed by atoms with van der Waals surface area (Å²) in [5.74, 6) is -0.117. The number of amides is 1. The Morgan fingerprint density at radius 2 is 1.79 bits per heavy atom. The highest BCUT2D eigenvalue weighted by atomic mass is 32.2. The van der Waals surface area contributed by atoms with Crippen LogP contribution in [0, 0.1) is 10.1 Å². The lowest BCUT2D eigenvalue weighted by atomic mass is 10.2. The van der Waals surface area contributed by atoms with Crippen molar-refractivity contribution < 1.29 is 18.1 Å². The van der Waals surface area contributed by atoms with Crippen molar-refractivity contribution in [2.75, 3.05) is 36.0 Å². The number of carbonyl (C=O) groups excluding carboxylic acids is 1. The number of anilines is 2. The van der Waals surface area contributed by atoms with Crippen molar-refractivity contribution in [2.24, 2.45) is 10.9 Å². The Morgan fingerprint density at radius 3 is 2.36 bits per heavy atom. The zero-order valence-corrected chi connectivity index (χ0v) is 15.5. The number of aromatic nitrogens is 1. The van der Waals surface area contributed by atoms with Gasteiger partial charge in [-0.05, 0) is 24.3 Å². The summed E-state index contributed by atoms with van der Waals surface area (Å²) in [6, 6.07) is 6.79. The van der Waals surface area contributed by atoms with Gasteiger partial charge in [0, 0.05) is 38.4 Å². The minimum atomic E-state index is -4.05. The van der Waals surface area contributed by atoms with Crippen LogP contribution in [-0.2, 0) is 10.0 Å². The number of rotatable bonds is 5. The highest BCUT2D eigenvalue weighted by Crippen LogP contribution is 2.32. The van der Waals surface area contributed by atoms with Gasteiger partial charge in [-0.2, -0.15) is 0 Å². The molecule has 0 aliphatic carbocycles. The monoisotopic (exact) mass is 406 g/mol. The van der Waals surface area contributed by atoms with E-state index >= 15 is 0 Å². The lowest BCUT2D eigenvalue weighted by Crippen LogP contribution is -2.47. The Balaban J connectivity index is 1.84. The third-order valence-corrected chi connectivity index (χ3v) is 5.36. The molecule has 0 radical (unpaired) electrons. The fourth-order valence-corrected chi connectivity index (χ4v) is 3.63. The molecule has 1 saturated heterocycles. The molecule has 1 aromatic heterocycles. The summed E-state index contributed by atoms with van der Waals surface area (Å²) in [6.45, 7) is 1.71. The number of hydrogen-bond acceptors (Lipinski definition) is 8. The Bertz CT molecular complexity index is 1030. The molecule has 12 heteroatoms. The molecule has 2 heterocycles. The number of primary sulfonamides is 1. The Morgan fingerprint density at radius 1 is 1.14 bits per heavy atom. The van der Waals surface area contributed by atoms with Crippen LogP contribution in [-0.4, -0.2) is 50.4 Å². The van der Waals surface area contributed by atoms with Crippen LogP contribution >= 0.6 is 0 Å². The predicted molar refractivity (Wildman–Crippen MR) is 102 cm³/mol. The second-order valence-electron chi connectivity index (χ2n) is 6.17. The topological polar surface area (TPSA) is 166 Å². The fourth-order valence-electron chi connectivity index (χ4n) is 3.09. The van der Waals surface area contributed by atoms with E-state index in [4.69, 9.17) is 10.9 Å². The summed E-state index contributed by atoms with van der Waals surface area (Å²) in [6.07, 6.45) is 1.56. The molecule has 3 rings (SSSR count). The molecule has 148 valence electrons. The van der Waals surface area contributed by atoms with Gasteiger partial charge in [-0.25, -0.2) is 18.5 Å². The number of primary amides is 1. The van der Waals surface area contributed by atoms with E-state index in [9.17, 15) is 23.3 Å². The number of benzene rings is 1. The maximum atomic E-state index is 11.6. The Kier molecular flexibility index (Phi) is 5.16. The average molecular weight is 406 g/mol. The normalized spacial score (nSPS) is 14.8. The number of carbonyl (C=O) groups is 1. The summed E-state index contributed by atoms with van der Waals surface area (Å²) in [5, 5.41) is 16.5. The molecule has 0 bridgehead atoms. The number of piperazine rings is 1.